The summed E-state index contributed by atoms with van der Waals surface area (Å²) in [4.78, 5) is 23.7. The van der Waals surface area contributed by atoms with Gasteiger partial charge >= 0.3 is 5.97 Å². The Labute approximate surface area is 113 Å². The molecule has 0 unspecified atom stereocenters. The minimum absolute atomic E-state index is 0.225. The lowest BCUT2D eigenvalue weighted by molar-refractivity contribution is 0.0693. The van der Waals surface area contributed by atoms with Crippen LogP contribution >= 0.6 is 11.3 Å². The molecule has 0 fully saturated rings. The maximum Gasteiger partial charge on any atom is 0.339 e. The molecule has 2 rings (SSSR count). The minimum Gasteiger partial charge on any atom is -0.507 e. The van der Waals surface area contributed by atoms with E-state index in [1.54, 1.807) is 6.08 Å². The number of aromatic hydroxyl groups is 1. The summed E-state index contributed by atoms with van der Waals surface area (Å²) in [5.41, 5.74) is -0.0571. The third-order valence-corrected chi connectivity index (χ3v) is 3.29. The SMILES string of the molecule is O=C(/C=C\c1cccs1)c1ccc(O)c(C(=O)O)c1. The molecule has 1 heterocycles. The molecule has 1 aromatic carbocycles. The normalized spacial score (nSPS) is 10.7. The molecule has 19 heavy (non-hydrogen) atoms. The Kier molecular flexibility index (Phi) is 3.77. The van der Waals surface area contributed by atoms with Crippen molar-refractivity contribution < 1.29 is 19.8 Å². The number of carboxylic acid groups (broad SMARTS) is 1. The average Bonchev–Trinajstić information content (AvgIpc) is 2.89. The molecule has 0 saturated heterocycles. The van der Waals surface area contributed by atoms with Crippen molar-refractivity contribution in [2.24, 2.45) is 0 Å². The molecule has 5 heteroatoms. The van der Waals surface area contributed by atoms with Gasteiger partial charge in [0.25, 0.3) is 0 Å². The molecule has 2 N–H and O–H groups in total. The zero-order chi connectivity index (χ0) is 13.8. The molecule has 0 amide bonds. The van der Waals surface area contributed by atoms with Gasteiger partial charge in [-0.25, -0.2) is 4.79 Å². The molecule has 0 spiro atoms. The first-order chi connectivity index (χ1) is 9.08. The number of ketones is 1. The molecule has 0 saturated carbocycles. The Bertz CT molecular complexity index is 641. The second-order valence-electron chi connectivity index (χ2n) is 3.75. The number of carboxylic acids is 1. The fraction of sp³-hybridized carbons (Fsp3) is 0. The van der Waals surface area contributed by atoms with Crippen LogP contribution in [0.25, 0.3) is 6.08 Å². The molecule has 96 valence electrons. The summed E-state index contributed by atoms with van der Waals surface area (Å²) in [5.74, 6) is -1.93. The number of rotatable bonds is 4. The smallest absolute Gasteiger partial charge is 0.339 e. The highest BCUT2D eigenvalue weighted by molar-refractivity contribution is 7.10. The highest BCUT2D eigenvalue weighted by Crippen LogP contribution is 2.19. The quantitative estimate of drug-likeness (QED) is 0.663. The molecule has 0 radical (unpaired) electrons. The van der Waals surface area contributed by atoms with Crippen molar-refractivity contribution in [2.45, 2.75) is 0 Å². The van der Waals surface area contributed by atoms with Crippen LogP contribution in [0.2, 0.25) is 0 Å². The number of aromatic carboxylic acids is 1. The van der Waals surface area contributed by atoms with Crippen molar-refractivity contribution in [3.8, 4) is 5.75 Å². The van der Waals surface area contributed by atoms with Gasteiger partial charge in [0.05, 0.1) is 0 Å². The van der Waals surface area contributed by atoms with Gasteiger partial charge in [-0.2, -0.15) is 0 Å². The molecular formula is C14H10O4S. The Morgan fingerprint density at radius 2 is 2.00 bits per heavy atom. The molecule has 0 aliphatic rings. The number of thiophene rings is 1. The summed E-state index contributed by atoms with van der Waals surface area (Å²) in [6.45, 7) is 0. The second kappa shape index (κ2) is 5.49. The van der Waals surface area contributed by atoms with Crippen molar-refractivity contribution in [1.29, 1.82) is 0 Å². The van der Waals surface area contributed by atoms with Crippen molar-refractivity contribution in [3.05, 3.63) is 57.8 Å². The first kappa shape index (κ1) is 13.0. The largest absolute Gasteiger partial charge is 0.507 e. The van der Waals surface area contributed by atoms with Gasteiger partial charge in [-0.15, -0.1) is 11.3 Å². The van der Waals surface area contributed by atoms with E-state index in [1.165, 1.54) is 35.6 Å². The van der Waals surface area contributed by atoms with Gasteiger partial charge in [-0.1, -0.05) is 6.07 Å². The topological polar surface area (TPSA) is 74.6 Å². The third kappa shape index (κ3) is 3.08. The molecule has 4 nitrogen and oxygen atoms in total. The lowest BCUT2D eigenvalue weighted by Gasteiger charge is -2.01. The number of hydrogen-bond donors (Lipinski definition) is 2. The number of allylic oxidation sites excluding steroid dienone is 1. The van der Waals surface area contributed by atoms with E-state index in [0.717, 1.165) is 4.88 Å². The van der Waals surface area contributed by atoms with Crippen LogP contribution in [0.1, 0.15) is 25.6 Å². The summed E-state index contributed by atoms with van der Waals surface area (Å²) < 4.78 is 0. The molecule has 0 atom stereocenters. The monoisotopic (exact) mass is 274 g/mol. The molecule has 1 aromatic heterocycles. The van der Waals surface area contributed by atoms with Crippen LogP contribution in [0.4, 0.5) is 0 Å². The fourth-order valence-electron chi connectivity index (χ4n) is 1.50. The summed E-state index contributed by atoms with van der Waals surface area (Å²) >= 11 is 1.50. The van der Waals surface area contributed by atoms with E-state index in [0.29, 0.717) is 0 Å². The van der Waals surface area contributed by atoms with Crippen LogP contribution in [0, 0.1) is 0 Å². The summed E-state index contributed by atoms with van der Waals surface area (Å²) in [7, 11) is 0. The number of hydrogen-bond acceptors (Lipinski definition) is 4. The third-order valence-electron chi connectivity index (χ3n) is 2.45. The Hall–Kier alpha value is -2.40. The van der Waals surface area contributed by atoms with Crippen molar-refractivity contribution in [3.63, 3.8) is 0 Å². The van der Waals surface area contributed by atoms with E-state index in [9.17, 15) is 14.7 Å². The maximum atomic E-state index is 11.9. The van der Waals surface area contributed by atoms with Crippen molar-refractivity contribution in [2.75, 3.05) is 0 Å². The first-order valence-electron chi connectivity index (χ1n) is 5.40. The molecular weight excluding hydrogens is 264 g/mol. The van der Waals surface area contributed by atoms with E-state index in [2.05, 4.69) is 0 Å². The number of phenols is 1. The van der Waals surface area contributed by atoms with E-state index >= 15 is 0 Å². The van der Waals surface area contributed by atoms with Crippen molar-refractivity contribution in [1.82, 2.24) is 0 Å². The van der Waals surface area contributed by atoms with Gasteiger partial charge in [-0.3, -0.25) is 4.79 Å². The lowest BCUT2D eigenvalue weighted by atomic mass is 10.1. The van der Waals surface area contributed by atoms with Crippen LogP contribution in [0.3, 0.4) is 0 Å². The zero-order valence-corrected chi connectivity index (χ0v) is 10.6. The number of carbonyl (C=O) groups is 2. The number of benzene rings is 1. The molecule has 0 aliphatic heterocycles. The summed E-state index contributed by atoms with van der Waals surface area (Å²) in [5, 5.41) is 20.1. The van der Waals surface area contributed by atoms with Crippen LogP contribution in [0.5, 0.6) is 5.75 Å². The molecule has 2 aromatic rings. The standard InChI is InChI=1S/C14H10O4S/c15-12(6-4-10-2-1-7-19-10)9-3-5-13(16)11(8-9)14(17)18/h1-8,16H,(H,17,18)/b6-4-. The molecule has 0 aliphatic carbocycles. The van der Waals surface area contributed by atoms with Gasteiger partial charge < -0.3 is 10.2 Å². The predicted molar refractivity (Wildman–Crippen MR) is 72.7 cm³/mol. The highest BCUT2D eigenvalue weighted by Gasteiger charge is 2.12. The Balaban J connectivity index is 2.24. The van der Waals surface area contributed by atoms with Gasteiger partial charge in [0.2, 0.25) is 0 Å². The highest BCUT2D eigenvalue weighted by atomic mass is 32.1. The van der Waals surface area contributed by atoms with Gasteiger partial charge in [0, 0.05) is 10.4 Å². The van der Waals surface area contributed by atoms with Gasteiger partial charge in [0.15, 0.2) is 5.78 Å². The van der Waals surface area contributed by atoms with Gasteiger partial charge in [0.1, 0.15) is 11.3 Å². The Morgan fingerprint density at radius 1 is 1.21 bits per heavy atom. The predicted octanol–water partition coefficient (Wildman–Crippen LogP) is 3.05. The summed E-state index contributed by atoms with van der Waals surface area (Å²) in [6.07, 6.45) is 3.05. The second-order valence-corrected chi connectivity index (χ2v) is 4.73. The number of carbonyl (C=O) groups excluding carboxylic acids is 1. The fourth-order valence-corrected chi connectivity index (χ4v) is 2.12. The first-order valence-corrected chi connectivity index (χ1v) is 6.28. The van der Waals surface area contributed by atoms with E-state index < -0.39 is 5.97 Å². The van der Waals surface area contributed by atoms with E-state index in [1.807, 2.05) is 17.5 Å². The van der Waals surface area contributed by atoms with Crippen LogP contribution in [-0.4, -0.2) is 22.0 Å². The van der Waals surface area contributed by atoms with Crippen molar-refractivity contribution >= 4 is 29.2 Å². The van der Waals surface area contributed by atoms with E-state index in [-0.39, 0.29) is 22.7 Å². The minimum atomic E-state index is -1.27. The molecule has 0 bridgehead atoms. The van der Waals surface area contributed by atoms with E-state index in [4.69, 9.17) is 5.11 Å². The average molecular weight is 274 g/mol. The summed E-state index contributed by atoms with van der Waals surface area (Å²) in [6, 6.07) is 7.50. The Morgan fingerprint density at radius 3 is 2.63 bits per heavy atom. The zero-order valence-electron chi connectivity index (χ0n) is 9.74. The van der Waals surface area contributed by atoms with Crippen LogP contribution in [-0.2, 0) is 0 Å². The van der Waals surface area contributed by atoms with Gasteiger partial charge in [-0.05, 0) is 41.8 Å². The maximum absolute atomic E-state index is 11.9. The van der Waals surface area contributed by atoms with Crippen LogP contribution in [0.15, 0.2) is 41.8 Å². The van der Waals surface area contributed by atoms with Crippen LogP contribution < -0.4 is 0 Å². The lowest BCUT2D eigenvalue weighted by Crippen LogP contribution is -2.01.